The summed E-state index contributed by atoms with van der Waals surface area (Å²) in [6.07, 6.45) is 9.89. The van der Waals surface area contributed by atoms with Crippen LogP contribution in [0.3, 0.4) is 0 Å². The normalized spacial score (nSPS) is 27.5. The molecule has 4 atom stereocenters. The maximum Gasteiger partial charge on any atom is 0.253 e. The molecule has 3 unspecified atom stereocenters. The zero-order valence-electron chi connectivity index (χ0n) is 26.2. The first-order valence-electron chi connectivity index (χ1n) is 16.5. The lowest BCUT2D eigenvalue weighted by molar-refractivity contribution is -0.139. The number of amides is 3. The molecule has 9 nitrogen and oxygen atoms in total. The van der Waals surface area contributed by atoms with E-state index in [1.807, 2.05) is 35.4 Å². The fraction of sp³-hybridized carbons (Fsp3) is 0.472. The minimum absolute atomic E-state index is 0.0158. The van der Waals surface area contributed by atoms with Gasteiger partial charge >= 0.3 is 0 Å². The molecule has 1 spiro atoms. The third-order valence-electron chi connectivity index (χ3n) is 10.5. The molecule has 7 bridgehead atoms. The Hall–Kier alpha value is -4.11. The van der Waals surface area contributed by atoms with E-state index in [2.05, 4.69) is 57.7 Å². The van der Waals surface area contributed by atoms with Crippen molar-refractivity contribution in [2.45, 2.75) is 81.7 Å². The molecule has 45 heavy (non-hydrogen) atoms. The Bertz CT molecular complexity index is 1630. The van der Waals surface area contributed by atoms with Gasteiger partial charge in [0.15, 0.2) is 0 Å². The van der Waals surface area contributed by atoms with E-state index in [1.165, 1.54) is 5.56 Å². The van der Waals surface area contributed by atoms with Crippen LogP contribution in [0.25, 0.3) is 0 Å². The van der Waals surface area contributed by atoms with Crippen molar-refractivity contribution in [2.24, 2.45) is 0 Å². The predicted octanol–water partition coefficient (Wildman–Crippen LogP) is 4.02. The van der Waals surface area contributed by atoms with Crippen LogP contribution in [0.5, 0.6) is 0 Å². The molecule has 2 N–H and O–H groups in total. The van der Waals surface area contributed by atoms with Gasteiger partial charge in [0.2, 0.25) is 11.8 Å². The molecule has 4 aliphatic rings. The Morgan fingerprint density at radius 3 is 2.56 bits per heavy atom. The number of aryl methyl sites for hydroxylation is 1. The molecule has 1 fully saturated rings. The Balaban J connectivity index is 1.20. The van der Waals surface area contributed by atoms with Gasteiger partial charge in [0.1, 0.15) is 11.9 Å². The van der Waals surface area contributed by atoms with E-state index < -0.39 is 11.5 Å². The highest BCUT2D eigenvalue weighted by Crippen LogP contribution is 2.46. The highest BCUT2D eigenvalue weighted by molar-refractivity contribution is 6.06. The van der Waals surface area contributed by atoms with Gasteiger partial charge in [-0.15, -0.1) is 0 Å². The highest BCUT2D eigenvalue weighted by atomic mass is 16.2. The van der Waals surface area contributed by atoms with Crippen molar-refractivity contribution in [2.75, 3.05) is 32.0 Å². The van der Waals surface area contributed by atoms with Crippen molar-refractivity contribution in [3.05, 3.63) is 88.4 Å². The van der Waals surface area contributed by atoms with Gasteiger partial charge in [0.25, 0.3) is 5.91 Å². The third kappa shape index (κ3) is 5.52. The summed E-state index contributed by atoms with van der Waals surface area (Å²) in [6, 6.07) is 13.7. The Morgan fingerprint density at radius 2 is 1.71 bits per heavy atom. The second kappa shape index (κ2) is 12.0. The summed E-state index contributed by atoms with van der Waals surface area (Å²) in [5.41, 5.74) is 4.62. The molecule has 0 saturated carbocycles. The summed E-state index contributed by atoms with van der Waals surface area (Å²) in [6.45, 7) is 4.81. The molecule has 7 rings (SSSR count). The summed E-state index contributed by atoms with van der Waals surface area (Å²) in [7, 11) is 2.17. The van der Waals surface area contributed by atoms with Crippen LogP contribution in [-0.4, -0.2) is 76.3 Å². The van der Waals surface area contributed by atoms with Crippen LogP contribution in [0.4, 0.5) is 5.82 Å². The molecule has 234 valence electrons. The van der Waals surface area contributed by atoms with Gasteiger partial charge in [-0.25, -0.2) is 4.98 Å². The molecule has 1 aromatic carbocycles. The van der Waals surface area contributed by atoms with Gasteiger partial charge < -0.3 is 20.4 Å². The second-order valence-corrected chi connectivity index (χ2v) is 13.5. The van der Waals surface area contributed by atoms with Crippen LogP contribution in [0, 0.1) is 0 Å². The summed E-state index contributed by atoms with van der Waals surface area (Å²) < 4.78 is 0. The summed E-state index contributed by atoms with van der Waals surface area (Å²) in [4.78, 5) is 54.7. The topological polar surface area (TPSA) is 108 Å². The fourth-order valence-electron chi connectivity index (χ4n) is 7.92. The summed E-state index contributed by atoms with van der Waals surface area (Å²) in [5, 5.41) is 6.09. The average molecular weight is 607 g/mol. The highest BCUT2D eigenvalue weighted by Gasteiger charge is 2.52. The number of piperidine rings is 1. The number of benzene rings is 1. The number of hydrogen-bond acceptors (Lipinski definition) is 6. The van der Waals surface area contributed by atoms with E-state index in [0.29, 0.717) is 37.2 Å². The van der Waals surface area contributed by atoms with Crippen LogP contribution in [0.1, 0.15) is 83.3 Å². The first kappa shape index (κ1) is 29.6. The maximum absolute atomic E-state index is 13.9. The van der Waals surface area contributed by atoms with E-state index in [1.54, 1.807) is 6.20 Å². The summed E-state index contributed by atoms with van der Waals surface area (Å²) >= 11 is 0. The van der Waals surface area contributed by atoms with Crippen LogP contribution in [-0.2, 0) is 34.3 Å². The smallest absolute Gasteiger partial charge is 0.253 e. The summed E-state index contributed by atoms with van der Waals surface area (Å²) in [5.74, 6) is 0.357. The molecule has 3 aliphatic heterocycles. The van der Waals surface area contributed by atoms with E-state index in [-0.39, 0.29) is 29.7 Å². The minimum Gasteiger partial charge on any atom is -0.340 e. The molecular weight excluding hydrogens is 564 g/mol. The number of pyridine rings is 2. The first-order valence-corrected chi connectivity index (χ1v) is 16.5. The number of anilines is 1. The largest absolute Gasteiger partial charge is 0.340 e. The van der Waals surface area contributed by atoms with E-state index in [0.717, 1.165) is 67.6 Å². The van der Waals surface area contributed by atoms with Gasteiger partial charge in [-0.1, -0.05) is 36.8 Å². The molecule has 1 aliphatic carbocycles. The zero-order valence-corrected chi connectivity index (χ0v) is 26.2. The third-order valence-corrected chi connectivity index (χ3v) is 10.5. The van der Waals surface area contributed by atoms with Crippen molar-refractivity contribution in [1.29, 1.82) is 0 Å². The number of fused-ring (bicyclic) bond motifs is 4. The lowest BCUT2D eigenvalue weighted by Crippen LogP contribution is -2.58. The molecule has 0 radical (unpaired) electrons. The lowest BCUT2D eigenvalue weighted by Gasteiger charge is -2.43. The van der Waals surface area contributed by atoms with Gasteiger partial charge in [0, 0.05) is 48.6 Å². The van der Waals surface area contributed by atoms with Crippen molar-refractivity contribution in [1.82, 2.24) is 25.1 Å². The molecule has 9 heteroatoms. The molecule has 5 heterocycles. The molecule has 3 amide bonds. The van der Waals surface area contributed by atoms with Crippen LogP contribution in [0.2, 0.25) is 0 Å². The number of rotatable bonds is 1. The quantitative estimate of drug-likeness (QED) is 0.434. The standard InChI is InChI=1S/C36H42N6O3/c1-23-28(25-11-5-3-6-12-25)18-30-34(44)42(23)15-8-4-7-13-41(2)14-9-10-24-16-29-32(38-21-24)40-35(45)36(29)19-26-17-27(33(43)39-30)22-37-31(26)20-36/h3,5-6,11-12,16-17,21-23,28,30H,4,7-10,13-15,18-20H2,1-2H3,(H,39,43)(H,38,40,45)/t23?,28?,30?,36-/m0/s1. The Morgan fingerprint density at radius 1 is 0.911 bits per heavy atom. The lowest BCUT2D eigenvalue weighted by atomic mass is 9.79. The van der Waals surface area contributed by atoms with Crippen LogP contribution >= 0.6 is 0 Å². The molecule has 3 aromatic rings. The Kier molecular flexibility index (Phi) is 7.89. The van der Waals surface area contributed by atoms with Gasteiger partial charge in [-0.2, -0.15) is 0 Å². The van der Waals surface area contributed by atoms with Crippen molar-refractivity contribution in [3.63, 3.8) is 0 Å². The molecular formula is C36H42N6O3. The van der Waals surface area contributed by atoms with Crippen LogP contribution in [0.15, 0.2) is 54.9 Å². The molecule has 1 saturated heterocycles. The monoisotopic (exact) mass is 606 g/mol. The predicted molar refractivity (Wildman–Crippen MR) is 172 cm³/mol. The van der Waals surface area contributed by atoms with Crippen molar-refractivity contribution in [3.8, 4) is 0 Å². The molecule has 2 aromatic heterocycles. The first-order chi connectivity index (χ1) is 21.8. The zero-order chi connectivity index (χ0) is 31.1. The number of carbonyl (C=O) groups excluding carboxylic acids is 3. The average Bonchev–Trinajstić information content (AvgIpc) is 3.56. The fourth-order valence-corrected chi connectivity index (χ4v) is 7.92. The van der Waals surface area contributed by atoms with E-state index in [9.17, 15) is 14.4 Å². The van der Waals surface area contributed by atoms with Crippen molar-refractivity contribution < 1.29 is 14.4 Å². The number of carbonyl (C=O) groups is 3. The number of nitrogens with one attached hydrogen (secondary N) is 2. The minimum atomic E-state index is -0.768. The number of aromatic nitrogens is 2. The maximum atomic E-state index is 13.9. The SMILES string of the molecule is CC1C(c2ccccc2)CC2NC(=O)c3cnc4c(c3)C[C@@]3(C4)C(=O)Nc4ncc(cc43)CCCN(C)CCCCCN1C2=O. The second-order valence-electron chi connectivity index (χ2n) is 13.5. The van der Waals surface area contributed by atoms with Crippen LogP contribution < -0.4 is 10.6 Å². The number of hydrogen-bond donors (Lipinski definition) is 2. The Labute approximate surface area is 264 Å². The van der Waals surface area contributed by atoms with Crippen molar-refractivity contribution >= 4 is 23.5 Å². The van der Waals surface area contributed by atoms with Gasteiger partial charge in [-0.05, 0) is 94.4 Å². The van der Waals surface area contributed by atoms with E-state index >= 15 is 0 Å². The number of nitrogens with zero attached hydrogens (tertiary/aromatic N) is 4. The van der Waals surface area contributed by atoms with Gasteiger partial charge in [0.05, 0.1) is 11.0 Å². The van der Waals surface area contributed by atoms with Gasteiger partial charge in [-0.3, -0.25) is 19.4 Å². The van der Waals surface area contributed by atoms with E-state index in [4.69, 9.17) is 0 Å².